The monoisotopic (exact) mass is 296 g/mol. The molecule has 6 heteroatoms. The zero-order valence-corrected chi connectivity index (χ0v) is 12.7. The summed E-state index contributed by atoms with van der Waals surface area (Å²) in [6.45, 7) is 5.51. The van der Waals surface area contributed by atoms with Crippen LogP contribution in [-0.4, -0.2) is 35.1 Å². The van der Waals surface area contributed by atoms with Crippen LogP contribution in [0.4, 0.5) is 4.79 Å². The lowest BCUT2D eigenvalue weighted by atomic mass is 10.0. The number of carboxylic acids is 1. The van der Waals surface area contributed by atoms with Crippen LogP contribution in [0, 0.1) is 5.92 Å². The van der Waals surface area contributed by atoms with Crippen molar-refractivity contribution in [2.24, 2.45) is 5.92 Å². The average molecular weight is 296 g/mol. The zero-order chi connectivity index (χ0) is 15.7. The topological polar surface area (TPSA) is 82.8 Å². The van der Waals surface area contributed by atoms with Crippen molar-refractivity contribution in [3.8, 4) is 0 Å². The van der Waals surface area contributed by atoms with Crippen molar-refractivity contribution in [3.63, 3.8) is 0 Å². The summed E-state index contributed by atoms with van der Waals surface area (Å²) in [7, 11) is 0. The maximum absolute atomic E-state index is 12.0. The van der Waals surface area contributed by atoms with E-state index >= 15 is 0 Å². The van der Waals surface area contributed by atoms with Gasteiger partial charge in [-0.25, -0.2) is 4.79 Å². The van der Waals surface area contributed by atoms with Gasteiger partial charge in [0.1, 0.15) is 5.76 Å². The third-order valence-corrected chi connectivity index (χ3v) is 3.36. The lowest BCUT2D eigenvalue weighted by Crippen LogP contribution is -2.40. The number of nitrogens with zero attached hydrogens (tertiary/aromatic N) is 1. The fourth-order valence-corrected chi connectivity index (χ4v) is 1.97. The van der Waals surface area contributed by atoms with E-state index in [0.29, 0.717) is 26.1 Å². The Bertz CT molecular complexity index is 431. The standard InChI is InChI=1S/C15H24N2O4/c1-3-17(11-13-5-4-10-21-13)15(20)16-9-8-12(2)6-7-14(18)19/h4-5,10,12H,3,6-9,11H2,1-2H3,(H,16,20)(H,18,19). The largest absolute Gasteiger partial charge is 0.481 e. The van der Waals surface area contributed by atoms with E-state index in [9.17, 15) is 9.59 Å². The van der Waals surface area contributed by atoms with Gasteiger partial charge >= 0.3 is 12.0 Å². The van der Waals surface area contributed by atoms with Gasteiger partial charge in [0.15, 0.2) is 0 Å². The van der Waals surface area contributed by atoms with Crippen LogP contribution >= 0.6 is 0 Å². The number of hydrogen-bond donors (Lipinski definition) is 2. The smallest absolute Gasteiger partial charge is 0.317 e. The first-order valence-electron chi connectivity index (χ1n) is 7.29. The highest BCUT2D eigenvalue weighted by molar-refractivity contribution is 5.74. The van der Waals surface area contributed by atoms with E-state index in [2.05, 4.69) is 5.32 Å². The highest BCUT2D eigenvalue weighted by atomic mass is 16.4. The molecule has 0 bridgehead atoms. The number of rotatable bonds is 9. The van der Waals surface area contributed by atoms with Crippen molar-refractivity contribution in [1.82, 2.24) is 10.2 Å². The number of nitrogens with one attached hydrogen (secondary N) is 1. The van der Waals surface area contributed by atoms with Crippen LogP contribution in [0.25, 0.3) is 0 Å². The third kappa shape index (κ3) is 6.83. The van der Waals surface area contributed by atoms with Gasteiger partial charge in [0.2, 0.25) is 0 Å². The molecule has 1 heterocycles. The van der Waals surface area contributed by atoms with Crippen molar-refractivity contribution in [2.75, 3.05) is 13.1 Å². The second-order valence-corrected chi connectivity index (χ2v) is 5.15. The molecular weight excluding hydrogens is 272 g/mol. The van der Waals surface area contributed by atoms with Crippen molar-refractivity contribution in [1.29, 1.82) is 0 Å². The van der Waals surface area contributed by atoms with Gasteiger partial charge < -0.3 is 19.7 Å². The predicted molar refractivity (Wildman–Crippen MR) is 78.8 cm³/mol. The summed E-state index contributed by atoms with van der Waals surface area (Å²) in [5, 5.41) is 11.5. The summed E-state index contributed by atoms with van der Waals surface area (Å²) >= 11 is 0. The van der Waals surface area contributed by atoms with E-state index in [4.69, 9.17) is 9.52 Å². The van der Waals surface area contributed by atoms with Crippen molar-refractivity contribution >= 4 is 12.0 Å². The van der Waals surface area contributed by atoms with Crippen LogP contribution < -0.4 is 5.32 Å². The Kier molecular flexibility index (Phi) is 7.36. The number of furan rings is 1. The Morgan fingerprint density at radius 3 is 2.76 bits per heavy atom. The van der Waals surface area contributed by atoms with E-state index in [-0.39, 0.29) is 18.4 Å². The van der Waals surface area contributed by atoms with Gasteiger partial charge in [-0.15, -0.1) is 0 Å². The summed E-state index contributed by atoms with van der Waals surface area (Å²) < 4.78 is 5.24. The Balaban J connectivity index is 2.26. The van der Waals surface area contributed by atoms with E-state index in [0.717, 1.165) is 12.2 Å². The highest BCUT2D eigenvalue weighted by Crippen LogP contribution is 2.10. The van der Waals surface area contributed by atoms with Crippen LogP contribution in [0.15, 0.2) is 22.8 Å². The zero-order valence-electron chi connectivity index (χ0n) is 12.7. The SMILES string of the molecule is CCN(Cc1ccco1)C(=O)NCCC(C)CCC(=O)O. The summed E-state index contributed by atoms with van der Waals surface area (Å²) in [6, 6.07) is 3.51. The highest BCUT2D eigenvalue weighted by Gasteiger charge is 2.13. The molecule has 1 aromatic rings. The molecule has 6 nitrogen and oxygen atoms in total. The Morgan fingerprint density at radius 2 is 2.19 bits per heavy atom. The van der Waals surface area contributed by atoms with Gasteiger partial charge in [-0.3, -0.25) is 4.79 Å². The van der Waals surface area contributed by atoms with Gasteiger partial charge in [0.05, 0.1) is 12.8 Å². The minimum Gasteiger partial charge on any atom is -0.481 e. The molecule has 0 fully saturated rings. The molecule has 21 heavy (non-hydrogen) atoms. The second-order valence-electron chi connectivity index (χ2n) is 5.15. The number of urea groups is 1. The molecule has 118 valence electrons. The lowest BCUT2D eigenvalue weighted by molar-refractivity contribution is -0.137. The first kappa shape index (κ1) is 17.1. The maximum Gasteiger partial charge on any atom is 0.317 e. The first-order chi connectivity index (χ1) is 10.0. The number of hydrogen-bond acceptors (Lipinski definition) is 3. The van der Waals surface area contributed by atoms with Crippen LogP contribution in [0.3, 0.4) is 0 Å². The summed E-state index contributed by atoms with van der Waals surface area (Å²) in [4.78, 5) is 24.2. The Labute approximate surface area is 125 Å². The van der Waals surface area contributed by atoms with Gasteiger partial charge in [-0.1, -0.05) is 6.92 Å². The number of aliphatic carboxylic acids is 1. The predicted octanol–water partition coefficient (Wildman–Crippen LogP) is 2.70. The normalized spacial score (nSPS) is 11.9. The molecule has 0 saturated carbocycles. The molecule has 1 rings (SSSR count). The van der Waals surface area contributed by atoms with Crippen LogP contribution in [-0.2, 0) is 11.3 Å². The molecule has 0 spiro atoms. The van der Waals surface area contributed by atoms with Crippen molar-refractivity contribution < 1.29 is 19.1 Å². The van der Waals surface area contributed by atoms with Crippen molar-refractivity contribution in [2.45, 2.75) is 39.7 Å². The molecule has 0 aliphatic heterocycles. The van der Waals surface area contributed by atoms with E-state index in [1.54, 1.807) is 17.2 Å². The minimum absolute atomic E-state index is 0.126. The first-order valence-corrected chi connectivity index (χ1v) is 7.29. The molecule has 1 unspecified atom stereocenters. The van der Waals surface area contributed by atoms with Gasteiger partial charge in [0, 0.05) is 19.5 Å². The molecule has 1 aromatic heterocycles. The molecule has 2 amide bonds. The van der Waals surface area contributed by atoms with Gasteiger partial charge in [-0.2, -0.15) is 0 Å². The minimum atomic E-state index is -0.776. The Hall–Kier alpha value is -1.98. The second kappa shape index (κ2) is 9.05. The number of carbonyl (C=O) groups is 2. The van der Waals surface area contributed by atoms with Gasteiger partial charge in [-0.05, 0) is 37.8 Å². The fourth-order valence-electron chi connectivity index (χ4n) is 1.97. The third-order valence-electron chi connectivity index (χ3n) is 3.36. The van der Waals surface area contributed by atoms with Gasteiger partial charge in [0.25, 0.3) is 0 Å². The van der Waals surface area contributed by atoms with Crippen LogP contribution in [0.2, 0.25) is 0 Å². The maximum atomic E-state index is 12.0. The summed E-state index contributed by atoms with van der Waals surface area (Å²) in [5.74, 6) is 0.255. The molecule has 1 atom stereocenters. The Morgan fingerprint density at radius 1 is 1.43 bits per heavy atom. The van der Waals surface area contributed by atoms with Crippen LogP contribution in [0.5, 0.6) is 0 Å². The van der Waals surface area contributed by atoms with Crippen molar-refractivity contribution in [3.05, 3.63) is 24.2 Å². The fraction of sp³-hybridized carbons (Fsp3) is 0.600. The molecule has 0 radical (unpaired) electrons. The summed E-state index contributed by atoms with van der Waals surface area (Å²) in [5.41, 5.74) is 0. The molecular formula is C15H24N2O4. The molecule has 0 aromatic carbocycles. The average Bonchev–Trinajstić information content (AvgIpc) is 2.95. The number of carbonyl (C=O) groups excluding carboxylic acids is 1. The molecule has 0 aliphatic rings. The quantitative estimate of drug-likeness (QED) is 0.734. The van der Waals surface area contributed by atoms with E-state index in [1.165, 1.54) is 0 Å². The van der Waals surface area contributed by atoms with E-state index < -0.39 is 5.97 Å². The summed E-state index contributed by atoms with van der Waals surface area (Å²) in [6.07, 6.45) is 3.17. The van der Waals surface area contributed by atoms with Crippen LogP contribution in [0.1, 0.15) is 38.9 Å². The molecule has 0 aliphatic carbocycles. The molecule has 2 N–H and O–H groups in total. The number of carboxylic acid groups (broad SMARTS) is 1. The lowest BCUT2D eigenvalue weighted by Gasteiger charge is -2.20. The number of amides is 2. The van der Waals surface area contributed by atoms with E-state index in [1.807, 2.05) is 19.9 Å². The molecule has 0 saturated heterocycles.